The first kappa shape index (κ1) is 26.5. The maximum Gasteiger partial charge on any atom is 0.315 e. The Morgan fingerprint density at radius 2 is 1.84 bits per heavy atom. The van der Waals surface area contributed by atoms with E-state index in [4.69, 9.17) is 14.4 Å². The lowest BCUT2D eigenvalue weighted by molar-refractivity contribution is 0.0505. The summed E-state index contributed by atoms with van der Waals surface area (Å²) in [5.41, 5.74) is 2.64. The second kappa shape index (κ2) is 11.7. The normalized spacial score (nSPS) is 21.7. The quantitative estimate of drug-likeness (QED) is 0.464. The maximum atomic E-state index is 13.3. The van der Waals surface area contributed by atoms with Crippen molar-refractivity contribution in [2.75, 3.05) is 42.9 Å². The van der Waals surface area contributed by atoms with Crippen molar-refractivity contribution in [3.63, 3.8) is 0 Å². The number of hydrogen-bond acceptors (Lipinski definition) is 9. The fourth-order valence-corrected chi connectivity index (χ4v) is 5.84. The van der Waals surface area contributed by atoms with Crippen LogP contribution in [0.3, 0.4) is 0 Å². The average Bonchev–Trinajstić information content (AvgIpc) is 3.39. The highest BCUT2D eigenvalue weighted by Crippen LogP contribution is 2.30. The van der Waals surface area contributed by atoms with E-state index < -0.39 is 0 Å². The van der Waals surface area contributed by atoms with E-state index in [1.165, 1.54) is 5.56 Å². The SMILES string of the molecule is CCNc1nnc(-c2cnc(N3C[C@H](CC)N(C4CCN(Cc5ccc(F)cc5)CC4)C[C@H]3C)c(C)n2)o1. The van der Waals surface area contributed by atoms with Crippen LogP contribution in [-0.4, -0.2) is 80.8 Å². The number of halogens is 1. The molecule has 9 nitrogen and oxygen atoms in total. The van der Waals surface area contributed by atoms with Gasteiger partial charge in [0.2, 0.25) is 0 Å². The number of piperidine rings is 1. The number of hydrogen-bond donors (Lipinski definition) is 1. The molecule has 2 saturated heterocycles. The van der Waals surface area contributed by atoms with Gasteiger partial charge in [0.25, 0.3) is 5.89 Å². The van der Waals surface area contributed by atoms with E-state index in [0.29, 0.717) is 42.3 Å². The van der Waals surface area contributed by atoms with Crippen molar-refractivity contribution in [3.05, 3.63) is 47.5 Å². The van der Waals surface area contributed by atoms with Crippen LogP contribution in [0.25, 0.3) is 11.6 Å². The van der Waals surface area contributed by atoms with E-state index >= 15 is 0 Å². The van der Waals surface area contributed by atoms with Gasteiger partial charge in [-0.3, -0.25) is 9.80 Å². The number of nitrogens with one attached hydrogen (secondary N) is 1. The van der Waals surface area contributed by atoms with Gasteiger partial charge in [0, 0.05) is 44.3 Å². The summed E-state index contributed by atoms with van der Waals surface area (Å²) in [5, 5.41) is 11.1. The molecule has 204 valence electrons. The molecule has 1 aromatic carbocycles. The molecule has 0 saturated carbocycles. The van der Waals surface area contributed by atoms with E-state index in [0.717, 1.165) is 63.5 Å². The number of anilines is 2. The number of rotatable bonds is 8. The van der Waals surface area contributed by atoms with Crippen molar-refractivity contribution in [1.29, 1.82) is 0 Å². The molecule has 4 heterocycles. The number of aromatic nitrogens is 4. The summed E-state index contributed by atoms with van der Waals surface area (Å²) < 4.78 is 18.9. The Balaban J connectivity index is 1.21. The molecule has 0 radical (unpaired) electrons. The van der Waals surface area contributed by atoms with Crippen molar-refractivity contribution in [2.45, 2.75) is 71.6 Å². The standard InChI is InChI=1S/C28H39FN8O/c1-5-23-18-36(26-20(4)32-25(15-31-26)27-33-34-28(38-27)30-6-2)19(3)16-37(23)24-11-13-35(14-12-24)17-21-7-9-22(29)10-8-21/h7-10,15,19,23-24H,5-6,11-14,16-18H2,1-4H3,(H,30,34)/t19-,23+/m1/s1. The van der Waals surface area contributed by atoms with Gasteiger partial charge in [-0.1, -0.05) is 24.2 Å². The number of benzene rings is 1. The summed E-state index contributed by atoms with van der Waals surface area (Å²) in [6, 6.07) is 8.69. The highest BCUT2D eigenvalue weighted by atomic mass is 19.1. The minimum absolute atomic E-state index is 0.172. The van der Waals surface area contributed by atoms with Gasteiger partial charge in [0.05, 0.1) is 11.9 Å². The molecule has 10 heteroatoms. The Kier molecular flexibility index (Phi) is 8.18. The van der Waals surface area contributed by atoms with Crippen molar-refractivity contribution in [2.24, 2.45) is 0 Å². The maximum absolute atomic E-state index is 13.3. The Morgan fingerprint density at radius 3 is 2.53 bits per heavy atom. The fraction of sp³-hybridized carbons (Fsp3) is 0.571. The predicted molar refractivity (Wildman–Crippen MR) is 147 cm³/mol. The van der Waals surface area contributed by atoms with Crippen LogP contribution >= 0.6 is 0 Å². The molecule has 2 aromatic heterocycles. The van der Waals surface area contributed by atoms with E-state index in [2.05, 4.69) is 44.1 Å². The van der Waals surface area contributed by atoms with E-state index in [-0.39, 0.29) is 5.82 Å². The van der Waals surface area contributed by atoms with Crippen LogP contribution in [0.4, 0.5) is 16.2 Å². The minimum atomic E-state index is -0.172. The summed E-state index contributed by atoms with van der Waals surface area (Å²) in [6.45, 7) is 14.3. The molecule has 2 aliphatic rings. The number of nitrogens with zero attached hydrogens (tertiary/aromatic N) is 7. The molecule has 2 aliphatic heterocycles. The molecule has 3 aromatic rings. The van der Waals surface area contributed by atoms with Crippen molar-refractivity contribution >= 4 is 11.8 Å². The molecule has 0 amide bonds. The molecular formula is C28H39FN8O. The third kappa shape index (κ3) is 5.81. The molecule has 38 heavy (non-hydrogen) atoms. The highest BCUT2D eigenvalue weighted by molar-refractivity contribution is 5.53. The zero-order chi connectivity index (χ0) is 26.6. The molecular weight excluding hydrogens is 483 g/mol. The summed E-state index contributed by atoms with van der Waals surface area (Å²) in [5.74, 6) is 1.13. The van der Waals surface area contributed by atoms with E-state index in [1.807, 2.05) is 26.0 Å². The van der Waals surface area contributed by atoms with Gasteiger partial charge >= 0.3 is 6.01 Å². The van der Waals surface area contributed by atoms with Crippen LogP contribution in [0.5, 0.6) is 0 Å². The average molecular weight is 523 g/mol. The van der Waals surface area contributed by atoms with Crippen LogP contribution < -0.4 is 10.2 Å². The Labute approximate surface area is 224 Å². The second-order valence-electron chi connectivity index (χ2n) is 10.5. The smallest absolute Gasteiger partial charge is 0.315 e. The first-order chi connectivity index (χ1) is 18.4. The fourth-order valence-electron chi connectivity index (χ4n) is 5.84. The third-order valence-corrected chi connectivity index (χ3v) is 7.87. The second-order valence-corrected chi connectivity index (χ2v) is 10.5. The predicted octanol–water partition coefficient (Wildman–Crippen LogP) is 4.36. The largest absolute Gasteiger partial charge is 0.402 e. The molecule has 0 unspecified atom stereocenters. The molecule has 5 rings (SSSR count). The van der Waals surface area contributed by atoms with Crippen LogP contribution in [0, 0.1) is 12.7 Å². The molecule has 0 bridgehead atoms. The minimum Gasteiger partial charge on any atom is -0.402 e. The van der Waals surface area contributed by atoms with Crippen molar-refractivity contribution in [1.82, 2.24) is 30.0 Å². The first-order valence-electron chi connectivity index (χ1n) is 13.9. The summed E-state index contributed by atoms with van der Waals surface area (Å²) >= 11 is 0. The summed E-state index contributed by atoms with van der Waals surface area (Å²) in [7, 11) is 0. The molecule has 0 aliphatic carbocycles. The summed E-state index contributed by atoms with van der Waals surface area (Å²) in [6.07, 6.45) is 5.16. The Hall–Kier alpha value is -3.11. The molecule has 2 fully saturated rings. The molecule has 0 spiro atoms. The van der Waals surface area contributed by atoms with Crippen molar-refractivity contribution in [3.8, 4) is 11.6 Å². The lowest BCUT2D eigenvalue weighted by atomic mass is 9.96. The van der Waals surface area contributed by atoms with Crippen LogP contribution in [0.2, 0.25) is 0 Å². The molecule has 1 N–H and O–H groups in total. The zero-order valence-corrected chi connectivity index (χ0v) is 22.9. The van der Waals surface area contributed by atoms with Crippen LogP contribution in [0.15, 0.2) is 34.9 Å². The van der Waals surface area contributed by atoms with Gasteiger partial charge in [-0.25, -0.2) is 14.4 Å². The van der Waals surface area contributed by atoms with Gasteiger partial charge in [0.15, 0.2) is 0 Å². The number of likely N-dealkylation sites (tertiary alicyclic amines) is 1. The zero-order valence-electron chi connectivity index (χ0n) is 22.9. The highest BCUT2D eigenvalue weighted by Gasteiger charge is 2.37. The van der Waals surface area contributed by atoms with Gasteiger partial charge in [0.1, 0.15) is 17.3 Å². The topological polar surface area (TPSA) is 86.5 Å². The number of piperazine rings is 1. The Bertz CT molecular complexity index is 1190. The monoisotopic (exact) mass is 522 g/mol. The van der Waals surface area contributed by atoms with Gasteiger partial charge in [-0.05, 0) is 70.8 Å². The first-order valence-corrected chi connectivity index (χ1v) is 13.9. The van der Waals surface area contributed by atoms with Crippen LogP contribution in [0.1, 0.15) is 51.3 Å². The lowest BCUT2D eigenvalue weighted by Crippen LogP contribution is -2.61. The third-order valence-electron chi connectivity index (χ3n) is 7.87. The van der Waals surface area contributed by atoms with Gasteiger partial charge in [-0.2, -0.15) is 0 Å². The van der Waals surface area contributed by atoms with Crippen molar-refractivity contribution < 1.29 is 8.81 Å². The van der Waals surface area contributed by atoms with Gasteiger partial charge < -0.3 is 14.6 Å². The summed E-state index contributed by atoms with van der Waals surface area (Å²) in [4.78, 5) is 17.2. The van der Waals surface area contributed by atoms with E-state index in [1.54, 1.807) is 18.3 Å². The molecule has 2 atom stereocenters. The van der Waals surface area contributed by atoms with Crippen LogP contribution in [-0.2, 0) is 6.54 Å². The number of aryl methyl sites for hydroxylation is 1. The van der Waals surface area contributed by atoms with Gasteiger partial charge in [-0.15, -0.1) is 5.10 Å². The lowest BCUT2D eigenvalue weighted by Gasteiger charge is -2.50. The Morgan fingerprint density at radius 1 is 1.08 bits per heavy atom. The van der Waals surface area contributed by atoms with E-state index in [9.17, 15) is 4.39 Å².